The monoisotopic (exact) mass is 448 g/mol. The second-order valence-corrected chi connectivity index (χ2v) is 18.2. The molecular weight excluding hydrogens is 422 g/mol. The van der Waals surface area contributed by atoms with Crippen LogP contribution >= 0.6 is 12.3 Å². The number of rotatable bonds is 5. The van der Waals surface area contributed by atoms with E-state index in [1.165, 1.54) is 6.16 Å². The fourth-order valence-electron chi connectivity index (χ4n) is 5.73. The summed E-state index contributed by atoms with van der Waals surface area (Å²) < 4.78 is 13.1. The Hall–Kier alpha value is -0.340. The fraction of sp³-hybridized carbons (Fsp3) is 0.455. The van der Waals surface area contributed by atoms with Gasteiger partial charge in [0.15, 0.2) is 0 Å². The molecule has 0 saturated carbocycles. The van der Waals surface area contributed by atoms with Gasteiger partial charge in [-0.25, -0.2) is 0 Å². The van der Waals surface area contributed by atoms with Crippen molar-refractivity contribution < 1.29 is 9.26 Å². The van der Waals surface area contributed by atoms with E-state index in [4.69, 9.17) is 32.9 Å². The Balaban J connectivity index is 1.48. The van der Waals surface area contributed by atoms with Gasteiger partial charge in [0.05, 0.1) is 18.8 Å². The molecule has 0 amide bonds. The summed E-state index contributed by atoms with van der Waals surface area (Å²) in [5, 5.41) is 2.24. The molecule has 0 aromatic heterocycles. The van der Waals surface area contributed by atoms with Crippen LogP contribution in [0.4, 0.5) is 0 Å². The first-order chi connectivity index (χ1) is 13.3. The molecule has 3 aliphatic rings. The third-order valence-corrected chi connectivity index (χ3v) is 17.1. The molecule has 0 spiro atoms. The van der Waals surface area contributed by atoms with Crippen molar-refractivity contribution in [2.45, 2.75) is 25.1 Å². The van der Waals surface area contributed by atoms with Crippen LogP contribution in [0.5, 0.6) is 0 Å². The molecule has 2 bridgehead atoms. The van der Waals surface area contributed by atoms with Crippen molar-refractivity contribution in [1.29, 1.82) is 0 Å². The van der Waals surface area contributed by atoms with E-state index < -0.39 is 12.3 Å². The molecule has 0 aliphatic carbocycles. The quantitative estimate of drug-likeness (QED) is 0.634. The summed E-state index contributed by atoms with van der Waals surface area (Å²) in [5.41, 5.74) is 0.652. The predicted molar refractivity (Wildman–Crippen MR) is 126 cm³/mol. The lowest BCUT2D eigenvalue weighted by atomic mass is 9.69. The number of benzene rings is 2. The van der Waals surface area contributed by atoms with Crippen molar-refractivity contribution in [2.75, 3.05) is 25.5 Å². The lowest BCUT2D eigenvalue weighted by molar-refractivity contribution is -0.00750. The van der Waals surface area contributed by atoms with Crippen molar-refractivity contribution in [3.8, 4) is 0 Å². The van der Waals surface area contributed by atoms with Crippen LogP contribution in [0.3, 0.4) is 0 Å². The van der Waals surface area contributed by atoms with Crippen LogP contribution < -0.4 is 10.6 Å². The van der Waals surface area contributed by atoms with E-state index in [0.717, 1.165) is 23.4 Å². The van der Waals surface area contributed by atoms with Gasteiger partial charge in [0.1, 0.15) is 6.26 Å². The molecule has 3 saturated heterocycles. The van der Waals surface area contributed by atoms with E-state index in [0.29, 0.717) is 18.2 Å². The number of hydrogen-bond acceptors (Lipinski definition) is 4. The van der Waals surface area contributed by atoms with Crippen molar-refractivity contribution >= 4 is 46.5 Å². The fourth-order valence-corrected chi connectivity index (χ4v) is 16.2. The topological polar surface area (TPSA) is 18.5 Å². The lowest BCUT2D eigenvalue weighted by Crippen LogP contribution is -2.46. The second-order valence-electron chi connectivity index (χ2n) is 8.92. The van der Waals surface area contributed by atoms with E-state index in [2.05, 4.69) is 62.4 Å². The van der Waals surface area contributed by atoms with Crippen LogP contribution in [0.15, 0.2) is 60.7 Å². The highest BCUT2D eigenvalue weighted by atomic mass is 32.4. The smallest absolute Gasteiger partial charge is 0.123 e. The highest BCUT2D eigenvalue weighted by molar-refractivity contribution is 8.19. The molecule has 2 aromatic rings. The van der Waals surface area contributed by atoms with Gasteiger partial charge in [0.2, 0.25) is 0 Å². The molecule has 5 atom stereocenters. The van der Waals surface area contributed by atoms with Crippen LogP contribution in [0.2, 0.25) is 0 Å². The standard InChI is InChI=1S/C22H26O2P2S2/c1-21-15-25(27)16-22(21,2)23-13-19(21)20(25)14-24-26(28,17-9-5-3-6-10-17)18-11-7-4-8-12-18/h3-12,19-20H,13-16H2,1-2H3/t19-,20+,21+,22+,25-/m1/s1. The Morgan fingerprint density at radius 2 is 1.61 bits per heavy atom. The van der Waals surface area contributed by atoms with Gasteiger partial charge in [0.25, 0.3) is 0 Å². The summed E-state index contributed by atoms with van der Waals surface area (Å²) in [4.78, 5) is 0. The van der Waals surface area contributed by atoms with Crippen molar-refractivity contribution in [2.24, 2.45) is 11.3 Å². The molecule has 148 valence electrons. The van der Waals surface area contributed by atoms with Crippen LogP contribution in [-0.4, -0.2) is 36.8 Å². The van der Waals surface area contributed by atoms with E-state index in [1.807, 2.05) is 12.1 Å². The minimum Gasteiger partial charge on any atom is -0.374 e. The molecule has 2 aromatic carbocycles. The zero-order valence-electron chi connectivity index (χ0n) is 16.3. The molecule has 0 radical (unpaired) electrons. The first-order valence-electron chi connectivity index (χ1n) is 9.88. The van der Waals surface area contributed by atoms with Gasteiger partial charge in [-0.1, -0.05) is 91.2 Å². The minimum absolute atomic E-state index is 0.0112. The third kappa shape index (κ3) is 2.66. The summed E-state index contributed by atoms with van der Waals surface area (Å²) in [6, 6.07) is 19.3. The molecule has 3 heterocycles. The Labute approximate surface area is 178 Å². The summed E-state index contributed by atoms with van der Waals surface area (Å²) in [6.07, 6.45) is -0.0909. The maximum absolute atomic E-state index is 6.76. The first-order valence-corrected chi connectivity index (χ1v) is 15.8. The average Bonchev–Trinajstić information content (AvgIpc) is 3.11. The summed E-state index contributed by atoms with van der Waals surface area (Å²) >= 11 is 12.6. The minimum atomic E-state index is -2.33. The van der Waals surface area contributed by atoms with Gasteiger partial charge in [-0.15, -0.1) is 0 Å². The van der Waals surface area contributed by atoms with Gasteiger partial charge in [-0.05, 0) is 19.1 Å². The molecule has 3 aliphatic heterocycles. The third-order valence-electron chi connectivity index (χ3n) is 7.46. The Morgan fingerprint density at radius 1 is 1.04 bits per heavy atom. The molecule has 3 fully saturated rings. The molecule has 2 nitrogen and oxygen atoms in total. The first kappa shape index (κ1) is 19.6. The lowest BCUT2D eigenvalue weighted by Gasteiger charge is -2.40. The van der Waals surface area contributed by atoms with Crippen LogP contribution in [0.25, 0.3) is 0 Å². The zero-order valence-corrected chi connectivity index (χ0v) is 19.7. The molecule has 0 unspecified atom stereocenters. The van der Waals surface area contributed by atoms with E-state index in [9.17, 15) is 0 Å². The summed E-state index contributed by atoms with van der Waals surface area (Å²) in [7, 11) is 0. The van der Waals surface area contributed by atoms with Gasteiger partial charge in [-0.3, -0.25) is 0 Å². The van der Waals surface area contributed by atoms with Gasteiger partial charge in [-0.2, -0.15) is 0 Å². The summed E-state index contributed by atoms with van der Waals surface area (Å²) in [6.45, 7) is 6.21. The Morgan fingerprint density at radius 3 is 2.18 bits per heavy atom. The van der Waals surface area contributed by atoms with Gasteiger partial charge >= 0.3 is 0 Å². The highest BCUT2D eigenvalue weighted by Gasteiger charge is 2.72. The van der Waals surface area contributed by atoms with E-state index in [1.54, 1.807) is 0 Å². The number of fused-ring (bicyclic) bond motifs is 1. The molecule has 0 N–H and O–H groups in total. The van der Waals surface area contributed by atoms with Crippen molar-refractivity contribution in [3.63, 3.8) is 0 Å². The zero-order chi connectivity index (χ0) is 19.6. The second kappa shape index (κ2) is 6.58. The van der Waals surface area contributed by atoms with Crippen LogP contribution in [0, 0.1) is 11.3 Å². The van der Waals surface area contributed by atoms with Gasteiger partial charge in [0, 0.05) is 33.8 Å². The van der Waals surface area contributed by atoms with E-state index >= 15 is 0 Å². The van der Waals surface area contributed by atoms with Crippen LogP contribution in [0.1, 0.15) is 13.8 Å². The summed E-state index contributed by atoms with van der Waals surface area (Å²) in [5.74, 6) is 0.520. The molecule has 28 heavy (non-hydrogen) atoms. The average molecular weight is 449 g/mol. The number of ether oxygens (including phenoxy) is 1. The largest absolute Gasteiger partial charge is 0.374 e. The van der Waals surface area contributed by atoms with E-state index in [-0.39, 0.29) is 11.0 Å². The van der Waals surface area contributed by atoms with Crippen LogP contribution in [-0.2, 0) is 32.9 Å². The predicted octanol–water partition coefficient (Wildman–Crippen LogP) is 4.34. The molecule has 6 heteroatoms. The SMILES string of the molecule is C[C@@]12C[P@@]3(=S)C[C@]1(C)OC[C@@H]2[C@@H]3COP(=S)(c1ccccc1)c1ccccc1. The molecule has 5 rings (SSSR count). The highest BCUT2D eigenvalue weighted by Crippen LogP contribution is 2.80. The van der Waals surface area contributed by atoms with Crippen molar-refractivity contribution in [1.82, 2.24) is 0 Å². The maximum Gasteiger partial charge on any atom is 0.123 e. The van der Waals surface area contributed by atoms with Crippen molar-refractivity contribution in [3.05, 3.63) is 60.7 Å². The maximum atomic E-state index is 6.76. The Bertz CT molecular complexity index is 947. The Kier molecular flexibility index (Phi) is 4.61. The van der Waals surface area contributed by atoms with Gasteiger partial charge < -0.3 is 9.26 Å². The normalized spacial score (nSPS) is 38.8. The number of hydrogen-bond donors (Lipinski definition) is 0. The molecular formula is C22H26O2P2S2.